The van der Waals surface area contributed by atoms with E-state index < -0.39 is 0 Å². The molecule has 1 aromatic heterocycles. The van der Waals surface area contributed by atoms with Crippen LogP contribution in [0.2, 0.25) is 0 Å². The van der Waals surface area contributed by atoms with Crippen molar-refractivity contribution in [3.05, 3.63) is 156 Å². The van der Waals surface area contributed by atoms with E-state index in [2.05, 4.69) is 146 Å². The minimum absolute atomic E-state index is 1.06. The van der Waals surface area contributed by atoms with Gasteiger partial charge in [-0.15, -0.1) is 11.3 Å². The fraction of sp³-hybridized carbons (Fsp3) is 0.0455. The lowest BCUT2D eigenvalue weighted by atomic mass is 9.82. The Morgan fingerprint density at radius 1 is 0.378 bits per heavy atom. The van der Waals surface area contributed by atoms with E-state index in [0.717, 1.165) is 12.8 Å². The smallest absolute Gasteiger partial charge is 0.0440 e. The molecule has 1 heterocycles. The van der Waals surface area contributed by atoms with Gasteiger partial charge in [0.15, 0.2) is 0 Å². The van der Waals surface area contributed by atoms with Gasteiger partial charge in [-0.3, -0.25) is 0 Å². The summed E-state index contributed by atoms with van der Waals surface area (Å²) in [6, 6.07) is 51.8. The number of aryl methyl sites for hydroxylation is 1. The van der Waals surface area contributed by atoms with E-state index in [-0.39, 0.29) is 0 Å². The van der Waals surface area contributed by atoms with E-state index in [1.54, 1.807) is 0 Å². The van der Waals surface area contributed by atoms with E-state index in [0.29, 0.717) is 0 Å². The maximum absolute atomic E-state index is 2.46. The third kappa shape index (κ3) is 3.65. The largest absolute Gasteiger partial charge is 0.134 e. The predicted octanol–water partition coefficient (Wildman–Crippen LogP) is 12.8. The van der Waals surface area contributed by atoms with Crippen LogP contribution < -0.4 is 0 Å². The van der Waals surface area contributed by atoms with Gasteiger partial charge in [0.1, 0.15) is 0 Å². The van der Waals surface area contributed by atoms with Crippen LogP contribution in [0, 0.1) is 0 Å². The van der Waals surface area contributed by atoms with Crippen LogP contribution in [0.15, 0.2) is 140 Å². The highest BCUT2D eigenvalue weighted by Gasteiger charge is 2.19. The number of hydrogen-bond donors (Lipinski definition) is 0. The van der Waals surface area contributed by atoms with Crippen molar-refractivity contribution in [1.82, 2.24) is 0 Å². The molecule has 0 amide bonds. The van der Waals surface area contributed by atoms with Gasteiger partial charge in [-0.1, -0.05) is 146 Å². The van der Waals surface area contributed by atoms with Gasteiger partial charge in [-0.25, -0.2) is 0 Å². The maximum atomic E-state index is 2.46. The van der Waals surface area contributed by atoms with E-state index in [1.165, 1.54) is 96.7 Å². The summed E-state index contributed by atoms with van der Waals surface area (Å²) in [5, 5.41) is 13.6. The first-order chi connectivity index (χ1) is 22.3. The molecule has 1 heteroatoms. The molecule has 0 bridgehead atoms. The monoisotopic (exact) mass is 588 g/mol. The van der Waals surface area contributed by atoms with Crippen molar-refractivity contribution in [2.75, 3.05) is 0 Å². The Kier molecular flexibility index (Phi) is 5.38. The van der Waals surface area contributed by atoms with Crippen LogP contribution in [0.1, 0.15) is 23.1 Å². The second kappa shape index (κ2) is 9.63. The number of hydrogen-bond acceptors (Lipinski definition) is 1. The molecule has 0 radical (unpaired) electrons. The molecule has 9 aromatic rings. The predicted molar refractivity (Wildman–Crippen MR) is 197 cm³/mol. The number of allylic oxidation sites excluding steroid dienone is 1. The first kappa shape index (κ1) is 25.1. The van der Waals surface area contributed by atoms with Crippen LogP contribution in [0.4, 0.5) is 0 Å². The molecule has 0 aliphatic heterocycles. The van der Waals surface area contributed by atoms with Gasteiger partial charge in [0.25, 0.3) is 0 Å². The van der Waals surface area contributed by atoms with Crippen molar-refractivity contribution in [3.63, 3.8) is 0 Å². The maximum Gasteiger partial charge on any atom is 0.0440 e. The summed E-state index contributed by atoms with van der Waals surface area (Å²) in [7, 11) is 0. The van der Waals surface area contributed by atoms with Gasteiger partial charge >= 0.3 is 0 Å². The molecule has 0 spiro atoms. The highest BCUT2D eigenvalue weighted by Crippen LogP contribution is 2.47. The highest BCUT2D eigenvalue weighted by atomic mass is 32.1. The fourth-order valence-electron chi connectivity index (χ4n) is 7.93. The Morgan fingerprint density at radius 2 is 0.911 bits per heavy atom. The molecule has 0 nitrogen and oxygen atoms in total. The molecule has 0 unspecified atom stereocenters. The molecule has 210 valence electrons. The molecular formula is C44H28S. The average Bonchev–Trinajstić information content (AvgIpc) is 3.52. The van der Waals surface area contributed by atoms with Gasteiger partial charge in [0.05, 0.1) is 0 Å². The number of thiophene rings is 1. The summed E-state index contributed by atoms with van der Waals surface area (Å²) >= 11 is 1.94. The summed E-state index contributed by atoms with van der Waals surface area (Å²) in [4.78, 5) is 0. The molecule has 8 aromatic carbocycles. The summed E-state index contributed by atoms with van der Waals surface area (Å²) in [6.45, 7) is 0. The lowest BCUT2D eigenvalue weighted by Crippen LogP contribution is -2.01. The molecule has 45 heavy (non-hydrogen) atoms. The minimum Gasteiger partial charge on any atom is -0.134 e. The van der Waals surface area contributed by atoms with E-state index in [1.807, 2.05) is 11.3 Å². The summed E-state index contributed by atoms with van der Waals surface area (Å²) in [5.41, 5.74) is 8.21. The first-order valence-corrected chi connectivity index (χ1v) is 16.6. The first-order valence-electron chi connectivity index (χ1n) is 15.8. The average molecular weight is 589 g/mol. The Morgan fingerprint density at radius 3 is 1.64 bits per heavy atom. The molecule has 0 saturated heterocycles. The summed E-state index contributed by atoms with van der Waals surface area (Å²) < 4.78 is 2.75. The molecule has 0 N–H and O–H groups in total. The van der Waals surface area contributed by atoms with Crippen LogP contribution in [-0.2, 0) is 6.42 Å². The molecule has 1 aliphatic rings. The van der Waals surface area contributed by atoms with Crippen LogP contribution in [0.3, 0.4) is 0 Å². The van der Waals surface area contributed by atoms with Crippen molar-refractivity contribution in [2.24, 2.45) is 0 Å². The van der Waals surface area contributed by atoms with Crippen LogP contribution in [0.5, 0.6) is 0 Å². The van der Waals surface area contributed by atoms with E-state index >= 15 is 0 Å². The molecule has 10 rings (SSSR count). The van der Waals surface area contributed by atoms with Gasteiger partial charge in [-0.2, -0.15) is 0 Å². The lowest BCUT2D eigenvalue weighted by Gasteiger charge is -2.22. The number of rotatable bonds is 2. The zero-order valence-corrected chi connectivity index (χ0v) is 25.5. The topological polar surface area (TPSA) is 0 Å². The summed E-state index contributed by atoms with van der Waals surface area (Å²) in [5.74, 6) is 0. The van der Waals surface area contributed by atoms with Crippen molar-refractivity contribution in [3.8, 4) is 11.1 Å². The van der Waals surface area contributed by atoms with Crippen LogP contribution in [-0.4, -0.2) is 0 Å². The Hall–Kier alpha value is -5.24. The molecule has 0 fully saturated rings. The highest BCUT2D eigenvalue weighted by molar-refractivity contribution is 7.27. The van der Waals surface area contributed by atoms with Gasteiger partial charge < -0.3 is 0 Å². The van der Waals surface area contributed by atoms with Crippen molar-refractivity contribution >= 4 is 86.2 Å². The Balaban J connectivity index is 1.12. The minimum atomic E-state index is 1.06. The summed E-state index contributed by atoms with van der Waals surface area (Å²) in [6.07, 6.45) is 4.59. The fourth-order valence-corrected chi connectivity index (χ4v) is 9.32. The molecule has 0 atom stereocenters. The number of benzene rings is 8. The van der Waals surface area contributed by atoms with Crippen LogP contribution >= 0.6 is 11.3 Å². The van der Waals surface area contributed by atoms with Crippen molar-refractivity contribution < 1.29 is 0 Å². The molecule has 1 aliphatic carbocycles. The van der Waals surface area contributed by atoms with Crippen molar-refractivity contribution in [2.45, 2.75) is 12.8 Å². The van der Waals surface area contributed by atoms with E-state index in [9.17, 15) is 0 Å². The third-order valence-electron chi connectivity index (χ3n) is 9.99. The number of fused-ring (bicyclic) bond motifs is 14. The second-order valence-electron chi connectivity index (χ2n) is 12.3. The standard InChI is InChI=1S/C44H28S/c1-2-12-33-31(10-1)32-11-3-4-15-36(32)41-26-29(24-25-37(33)41)27-20-22-28(23-21-27)30-18-9-19-40-42-38-16-7-5-13-34(38)35-14-6-8-17-39(35)44(42)45-43(30)40/h1-23,26H,24-25H2. The van der Waals surface area contributed by atoms with Gasteiger partial charge in [-0.05, 0) is 83.9 Å². The Bertz CT molecular complexity index is 2690. The zero-order chi connectivity index (χ0) is 29.5. The van der Waals surface area contributed by atoms with Gasteiger partial charge in [0.2, 0.25) is 0 Å². The van der Waals surface area contributed by atoms with Crippen LogP contribution in [0.25, 0.3) is 86.0 Å². The Labute approximate surface area is 265 Å². The molecule has 0 saturated carbocycles. The van der Waals surface area contributed by atoms with E-state index in [4.69, 9.17) is 0 Å². The third-order valence-corrected chi connectivity index (χ3v) is 11.3. The SMILES string of the molecule is C1=C(c2ccc(-c3cccc4c3sc3c5ccccc5c5ccccc5c43)cc2)CCc2c1c1ccccc1c1ccccc21. The van der Waals surface area contributed by atoms with Gasteiger partial charge in [0, 0.05) is 25.6 Å². The normalized spacial score (nSPS) is 13.3. The van der Waals surface area contributed by atoms with Crippen molar-refractivity contribution in [1.29, 1.82) is 0 Å². The second-order valence-corrected chi connectivity index (χ2v) is 13.3. The quantitative estimate of drug-likeness (QED) is 0.176. The lowest BCUT2D eigenvalue weighted by molar-refractivity contribution is 1.02. The molecular weight excluding hydrogens is 561 g/mol. The zero-order valence-electron chi connectivity index (χ0n) is 24.7.